The number of urea groups is 5. The second-order valence-electron chi connectivity index (χ2n) is 39.4. The molecule has 16 fully saturated rings. The van der Waals surface area contributed by atoms with Gasteiger partial charge in [-0.15, -0.1) is 6.42 Å². The lowest BCUT2D eigenvalue weighted by Crippen LogP contribution is -2.53. The first-order chi connectivity index (χ1) is 69.0. The predicted molar refractivity (Wildman–Crippen MR) is 505 cm³/mol. The Morgan fingerprint density at radius 3 is 1.14 bits per heavy atom. The molecular weight excluding hydrogens is 1920 g/mol. The number of Topliss-reactive ketones (excluding diaryl/α,β-unsaturated/α-hetero) is 1. The van der Waals surface area contributed by atoms with Crippen LogP contribution in [0.5, 0.6) is 28.7 Å². The van der Waals surface area contributed by atoms with Gasteiger partial charge in [0.2, 0.25) is 0 Å². The SMILES string of the molecule is C.C#CCN1C(=O)C2(CC2)Oc2cc(F)c(N3C(=O)C4CSCCN4C3=O)cc21.C=C1N(CC#N)c2cc(N3C(=O)C4COCCN4C3=O)c(F)cc2OC12CC2.CC(=O)C(C)N1C(=O)C2(CC2)Oc2cc(F)c(N3C(=O)C4COCCN4C3=O)cc21.CC(C)=CCN1C(=O)C2(CC2)Oc2cc(F)c(N3C(=O)C4COCCN4C3=O)cc21.O=C1C2CCCN2C(=O)N1c1cc2c(cc1F)OC1(CC1)C(=O)N2CC1CC1. The number of ketones is 1. The number of hydrogen-bond donors (Lipinski definition) is 0. The average molecular weight is 2020 g/mol. The summed E-state index contributed by atoms with van der Waals surface area (Å²) in [7, 11) is 0. The van der Waals surface area contributed by atoms with E-state index in [0.717, 1.165) is 80.1 Å². The van der Waals surface area contributed by atoms with E-state index in [1.54, 1.807) is 33.4 Å². The van der Waals surface area contributed by atoms with E-state index >= 15 is 8.78 Å². The van der Waals surface area contributed by atoms with Crippen LogP contribution < -0.4 is 72.7 Å². The number of nitrogens with zero attached hydrogens (tertiary/aromatic N) is 16. The first kappa shape index (κ1) is 96.7. The summed E-state index contributed by atoms with van der Waals surface area (Å²) in [5.74, 6) is -2.16. The number of amides is 19. The Hall–Kier alpha value is -14.4. The fourth-order valence-corrected chi connectivity index (χ4v) is 21.9. The summed E-state index contributed by atoms with van der Waals surface area (Å²) in [6.07, 6.45) is 16.8. The molecule has 758 valence electrons. The van der Waals surface area contributed by atoms with Gasteiger partial charge in [-0.1, -0.05) is 31.6 Å². The van der Waals surface area contributed by atoms with Crippen molar-refractivity contribution < 1.29 is 132 Å². The minimum Gasteiger partial charge on any atom is -0.479 e. The molecule has 145 heavy (non-hydrogen) atoms. The van der Waals surface area contributed by atoms with E-state index < -0.39 is 153 Å². The molecule has 15 heterocycles. The average Bonchev–Trinajstić information content (AvgIpc) is 1.58. The minimum absolute atomic E-state index is 0. The fraction of sp³-hybridized carbons (Fsp3) is 0.480. The smallest absolute Gasteiger partial charge is 0.332 e. The molecule has 0 N–H and O–H groups in total. The molecule has 5 spiro atoms. The van der Waals surface area contributed by atoms with Crippen LogP contribution in [0.3, 0.4) is 0 Å². The van der Waals surface area contributed by atoms with Crippen LogP contribution in [0.4, 0.5) is 103 Å². The van der Waals surface area contributed by atoms with E-state index in [1.165, 1.54) is 89.8 Å². The number of rotatable bonds is 13. The lowest BCUT2D eigenvalue weighted by molar-refractivity contribution is -0.131. The lowest BCUT2D eigenvalue weighted by Gasteiger charge is -2.38. The number of benzene rings is 5. The summed E-state index contributed by atoms with van der Waals surface area (Å²) < 4.78 is 120. The zero-order chi connectivity index (χ0) is 101. The molecule has 0 bridgehead atoms. The molecule has 21 aliphatic rings. The van der Waals surface area contributed by atoms with Crippen molar-refractivity contribution >= 4 is 158 Å². The van der Waals surface area contributed by atoms with E-state index in [4.69, 9.17) is 44.3 Å². The van der Waals surface area contributed by atoms with Crippen molar-refractivity contribution in [3.8, 4) is 47.2 Å². The van der Waals surface area contributed by atoms with Gasteiger partial charge in [-0.3, -0.25) is 57.7 Å². The molecular formula is C100H99F5N16O23S. The maximum Gasteiger partial charge on any atom is 0.332 e. The van der Waals surface area contributed by atoms with E-state index in [1.807, 2.05) is 19.9 Å². The summed E-state index contributed by atoms with van der Waals surface area (Å²) in [6, 6.07) is 7.60. The Kier molecular flexibility index (Phi) is 23.7. The molecule has 6 unspecified atom stereocenters. The first-order valence-electron chi connectivity index (χ1n) is 47.9. The van der Waals surface area contributed by atoms with Crippen molar-refractivity contribution in [2.45, 2.75) is 189 Å². The highest BCUT2D eigenvalue weighted by atomic mass is 32.2. The zero-order valence-electron chi connectivity index (χ0n) is 78.4. The van der Waals surface area contributed by atoms with Crippen LogP contribution in [-0.2, 0) is 62.2 Å². The molecule has 5 aromatic carbocycles. The Labute approximate surface area is 830 Å². The number of hydrogen-bond acceptors (Lipinski definition) is 26. The van der Waals surface area contributed by atoms with Crippen molar-refractivity contribution in [3.05, 3.63) is 114 Å². The summed E-state index contributed by atoms with van der Waals surface area (Å²) >= 11 is 1.59. The number of carbonyl (C=O) groups excluding carboxylic acids is 15. The molecule has 0 radical (unpaired) electrons. The van der Waals surface area contributed by atoms with E-state index in [-0.39, 0.29) is 152 Å². The van der Waals surface area contributed by atoms with Crippen LogP contribution >= 0.6 is 11.8 Å². The lowest BCUT2D eigenvalue weighted by atomic mass is 10.1. The largest absolute Gasteiger partial charge is 0.479 e. The number of morpholine rings is 3. The number of imide groups is 5. The highest BCUT2D eigenvalue weighted by molar-refractivity contribution is 7.99. The molecule has 26 rings (SSSR count). The Bertz CT molecular complexity index is 6430. The van der Waals surface area contributed by atoms with Crippen molar-refractivity contribution in [2.24, 2.45) is 5.92 Å². The second kappa shape index (κ2) is 35.5. The number of ether oxygens (including phenoxy) is 8. The van der Waals surface area contributed by atoms with Gasteiger partial charge in [0.05, 0.1) is 121 Å². The number of allylic oxidation sites excluding steroid dienone is 1. The van der Waals surface area contributed by atoms with Crippen molar-refractivity contribution in [2.75, 3.05) is 159 Å². The number of terminal acetylenes is 1. The standard InChI is InChI=1S/C21H22FN3O5.C20H20FN3O6.C20H20FN3O4.C19H17FN4O4.C19H16FN3O4S.CH4/c1-12(2)3-6-23-15-10-14(13(22)9-17(15)30-21(4-5-21)19(23)27)25-18(26)16-11-29-8-7-24(16)20(25)28;1-10(11(2)25)23-14-8-13(12(21)7-16(14)30-20(3-4-20)18(23)27)24-17(26)15-9-29-6-5-22(15)19(24)28;21-12-8-16-15(23(10-11-3-4-11)18(26)20(28-16)5-6-20)9-14(12)24-17(25)13-2-1-7-22(13)19(24)27;1-11-19(2-3-19)28-16-8-12(20)13(9-14(16)22(11)5-4-21)24-17(25)15-10-27-7-6-23(15)18(24)26;1-2-5-21-13-9-12(11(20)8-15(13)27-19(3-4-19)17(21)25)23-16(24)14-10-28-7-6-22(14)18(23)26;/h3,9-10,16H,4-8,11H2,1-2H3;7-8,10,15H,3-6,9H2,1-2H3;8-9,11,13H,1-7,10H2;8-9,15H,1-3,5-7,10H2;1,8-9,14H,3-7,10H2;1H4. The van der Waals surface area contributed by atoms with Gasteiger partial charge in [-0.05, 0) is 102 Å². The highest BCUT2D eigenvalue weighted by Gasteiger charge is 2.65. The summed E-state index contributed by atoms with van der Waals surface area (Å²) in [5, 5.41) is 9.23. The van der Waals surface area contributed by atoms with Crippen LogP contribution in [0.2, 0.25) is 0 Å². The van der Waals surface area contributed by atoms with Crippen LogP contribution in [0.15, 0.2) is 84.6 Å². The van der Waals surface area contributed by atoms with E-state index in [9.17, 15) is 90.4 Å². The summed E-state index contributed by atoms with van der Waals surface area (Å²) in [6.45, 7) is 14.6. The maximum absolute atomic E-state index is 15.1. The molecule has 45 heteroatoms. The van der Waals surface area contributed by atoms with Gasteiger partial charge in [0.15, 0.2) is 57.3 Å². The molecule has 19 amide bonds. The molecule has 6 atom stereocenters. The third-order valence-corrected chi connectivity index (χ3v) is 31.0. The number of fused-ring (bicyclic) bond motifs is 10. The van der Waals surface area contributed by atoms with Gasteiger partial charge in [-0.25, -0.2) is 70.4 Å². The Morgan fingerprint density at radius 1 is 0.434 bits per heavy atom. The Balaban J connectivity index is 0.000000107. The monoisotopic (exact) mass is 2020 g/mol. The molecule has 15 aliphatic heterocycles. The summed E-state index contributed by atoms with van der Waals surface area (Å²) in [5.41, 5.74) is -1.94. The molecule has 6 aliphatic carbocycles. The topological polar surface area (TPSA) is 402 Å². The van der Waals surface area contributed by atoms with Gasteiger partial charge in [0.25, 0.3) is 53.2 Å². The van der Waals surface area contributed by atoms with Crippen molar-refractivity contribution in [1.29, 1.82) is 5.26 Å². The minimum atomic E-state index is -1.07. The zero-order valence-corrected chi connectivity index (χ0v) is 79.3. The quantitative estimate of drug-likeness (QED) is 0.0347. The molecule has 39 nitrogen and oxygen atoms in total. The normalized spacial score (nSPS) is 25.1. The van der Waals surface area contributed by atoms with E-state index in [0.29, 0.717) is 144 Å². The van der Waals surface area contributed by atoms with E-state index in [2.05, 4.69) is 18.6 Å². The van der Waals surface area contributed by atoms with Crippen molar-refractivity contribution in [1.82, 2.24) is 24.5 Å². The first-order valence-corrected chi connectivity index (χ1v) is 49.0. The number of nitriles is 1. The molecule has 10 saturated heterocycles. The van der Waals surface area contributed by atoms with Crippen LogP contribution in [0.1, 0.15) is 125 Å². The van der Waals surface area contributed by atoms with Crippen LogP contribution in [0, 0.1) is 58.7 Å². The number of anilines is 10. The third kappa shape index (κ3) is 15.8. The van der Waals surface area contributed by atoms with Crippen molar-refractivity contribution in [3.63, 3.8) is 0 Å². The van der Waals surface area contributed by atoms with Gasteiger partial charge in [-0.2, -0.15) is 17.0 Å². The number of carbonyl (C=O) groups is 15. The van der Waals surface area contributed by atoms with Gasteiger partial charge < -0.3 is 77.1 Å². The predicted octanol–water partition coefficient (Wildman–Crippen LogP) is 9.87. The van der Waals surface area contributed by atoms with Crippen LogP contribution in [-0.4, -0.2) is 288 Å². The Morgan fingerprint density at radius 2 is 0.772 bits per heavy atom. The number of halogens is 5. The van der Waals surface area contributed by atoms with Gasteiger partial charge in [0, 0.05) is 139 Å². The molecule has 5 aromatic rings. The fourth-order valence-electron chi connectivity index (χ4n) is 20.9. The van der Waals surface area contributed by atoms with Gasteiger partial charge in [0.1, 0.15) is 71.1 Å². The summed E-state index contributed by atoms with van der Waals surface area (Å²) in [4.78, 5) is 211. The third-order valence-electron chi connectivity index (χ3n) is 29.9. The molecule has 0 aromatic heterocycles. The second-order valence-corrected chi connectivity index (χ2v) is 40.6. The molecule has 6 saturated carbocycles. The highest BCUT2D eigenvalue weighted by Crippen LogP contribution is 2.59. The maximum atomic E-state index is 15.1. The van der Waals surface area contributed by atoms with Crippen LogP contribution in [0.25, 0.3) is 0 Å². The number of thioether (sulfide) groups is 1. The van der Waals surface area contributed by atoms with Gasteiger partial charge >= 0.3 is 30.2 Å².